The third kappa shape index (κ3) is 12.4. The molecule has 4 unspecified atom stereocenters. The van der Waals surface area contributed by atoms with Crippen LogP contribution in [0.4, 0.5) is 34.1 Å². The number of halogens is 4. The van der Waals surface area contributed by atoms with Gasteiger partial charge in [-0.05, 0) is 112 Å². The Hall–Kier alpha value is -6.32. The third-order valence-electron chi connectivity index (χ3n) is 8.90. The van der Waals surface area contributed by atoms with Crippen molar-refractivity contribution in [3.8, 4) is 0 Å². The summed E-state index contributed by atoms with van der Waals surface area (Å²) >= 11 is 25.4. The Morgan fingerprint density at radius 1 is 0.484 bits per heavy atom. The molecule has 14 nitrogen and oxygen atoms in total. The van der Waals surface area contributed by atoms with Crippen LogP contribution in [0.1, 0.15) is 70.3 Å². The van der Waals surface area contributed by atoms with Gasteiger partial charge in [0.1, 0.15) is 11.4 Å². The predicted molar refractivity (Wildman–Crippen MR) is 242 cm³/mol. The molecule has 0 bridgehead atoms. The fourth-order valence-electron chi connectivity index (χ4n) is 5.60. The van der Waals surface area contributed by atoms with Gasteiger partial charge >= 0.3 is 0 Å². The van der Waals surface area contributed by atoms with Crippen molar-refractivity contribution in [2.24, 2.45) is 20.5 Å². The summed E-state index contributed by atoms with van der Waals surface area (Å²) in [4.78, 5) is 77.5. The van der Waals surface area contributed by atoms with Gasteiger partial charge in [-0.2, -0.15) is 20.5 Å². The van der Waals surface area contributed by atoms with E-state index in [1.54, 1.807) is 36.4 Å². The van der Waals surface area contributed by atoms with E-state index in [0.29, 0.717) is 11.4 Å². The second-order valence-corrected chi connectivity index (χ2v) is 15.7. The zero-order valence-electron chi connectivity index (χ0n) is 33.5. The maximum Gasteiger partial charge on any atom is 0.258 e. The molecule has 18 heteroatoms. The number of nitrogens with zero attached hydrogens (tertiary/aromatic N) is 4. The van der Waals surface area contributed by atoms with Crippen LogP contribution < -0.4 is 21.3 Å². The molecule has 0 aliphatic rings. The molecule has 0 saturated heterocycles. The van der Waals surface area contributed by atoms with Gasteiger partial charge in [-0.15, -0.1) is 23.2 Å². The Balaban J connectivity index is 1.21. The maximum atomic E-state index is 13.2. The molecule has 0 aromatic heterocycles. The topological polar surface area (TPSA) is 200 Å². The number of amides is 4. The van der Waals surface area contributed by atoms with Crippen LogP contribution in [0.15, 0.2) is 130 Å². The first-order valence-corrected chi connectivity index (χ1v) is 20.4. The molecular weight excluding hydrogens is 878 g/mol. The van der Waals surface area contributed by atoms with Crippen LogP contribution in [0.5, 0.6) is 0 Å². The molecule has 0 saturated carbocycles. The molecular formula is C44H38Cl4N8O6. The van der Waals surface area contributed by atoms with Gasteiger partial charge in [0.25, 0.3) is 23.6 Å². The lowest BCUT2D eigenvalue weighted by Crippen LogP contribution is -2.32. The average molecular weight is 917 g/mol. The van der Waals surface area contributed by atoms with Crippen molar-refractivity contribution in [1.82, 2.24) is 0 Å². The third-order valence-corrected chi connectivity index (χ3v) is 10.2. The van der Waals surface area contributed by atoms with Crippen LogP contribution in [0.3, 0.4) is 0 Å². The molecule has 5 aromatic carbocycles. The lowest BCUT2D eigenvalue weighted by Gasteiger charge is -2.12. The fraction of sp³-hybridized carbons (Fsp3) is 0.182. The highest BCUT2D eigenvalue weighted by Gasteiger charge is 2.26. The van der Waals surface area contributed by atoms with Gasteiger partial charge in [-0.3, -0.25) is 28.8 Å². The summed E-state index contributed by atoms with van der Waals surface area (Å²) in [5.41, 5.74) is 3.35. The SMILES string of the molecule is CC(=O)C(N=Nc1cccc(C(=O)Nc2cccc(C(C)Cl)c2)c1Cl)C(=O)Nc1ccc(NC(=O)C(N=Nc2cccc(C(=O)Nc3cccc(C(C)Cl)c3)c2Cl)C(C)=O)cc1. The van der Waals surface area contributed by atoms with Crippen LogP contribution in [0, 0.1) is 0 Å². The van der Waals surface area contributed by atoms with E-state index in [-0.39, 0.29) is 54.7 Å². The van der Waals surface area contributed by atoms with Gasteiger partial charge in [-0.25, -0.2) is 0 Å². The number of rotatable bonds is 16. The molecule has 0 spiro atoms. The fourth-order valence-corrected chi connectivity index (χ4v) is 6.37. The lowest BCUT2D eigenvalue weighted by atomic mass is 10.1. The van der Waals surface area contributed by atoms with Gasteiger partial charge in [0.05, 0.1) is 31.9 Å². The Morgan fingerprint density at radius 2 is 0.839 bits per heavy atom. The number of nitrogens with one attached hydrogen (secondary N) is 4. The minimum atomic E-state index is -1.58. The van der Waals surface area contributed by atoms with Crippen LogP contribution in [-0.2, 0) is 19.2 Å². The normalized spacial score (nSPS) is 13.2. The van der Waals surface area contributed by atoms with Crippen molar-refractivity contribution in [2.75, 3.05) is 21.3 Å². The zero-order chi connectivity index (χ0) is 45.1. The Labute approximate surface area is 376 Å². The number of benzene rings is 5. The molecule has 0 fully saturated rings. The van der Waals surface area contributed by atoms with Crippen molar-refractivity contribution in [2.45, 2.75) is 50.5 Å². The Bertz CT molecular complexity index is 2410. The highest BCUT2D eigenvalue weighted by Crippen LogP contribution is 2.32. The van der Waals surface area contributed by atoms with Crippen LogP contribution in [-0.4, -0.2) is 47.3 Å². The molecule has 5 rings (SSSR count). The number of Topliss-reactive ketones (excluding diaryl/α,β-unsaturated/α-hetero) is 2. The van der Waals surface area contributed by atoms with E-state index in [1.165, 1.54) is 60.7 Å². The van der Waals surface area contributed by atoms with Crippen molar-refractivity contribution in [3.63, 3.8) is 0 Å². The molecule has 4 atom stereocenters. The quantitative estimate of drug-likeness (QED) is 0.0431. The molecule has 0 aliphatic carbocycles. The van der Waals surface area contributed by atoms with Gasteiger partial charge in [0.15, 0.2) is 11.6 Å². The molecule has 4 N–H and O–H groups in total. The monoisotopic (exact) mass is 914 g/mol. The first-order valence-electron chi connectivity index (χ1n) is 18.7. The Kier molecular flexibility index (Phi) is 16.2. The van der Waals surface area contributed by atoms with E-state index in [1.807, 2.05) is 26.0 Å². The number of hydrogen-bond acceptors (Lipinski definition) is 10. The molecule has 0 aliphatic heterocycles. The minimum Gasteiger partial charge on any atom is -0.324 e. The Morgan fingerprint density at radius 3 is 1.18 bits per heavy atom. The lowest BCUT2D eigenvalue weighted by molar-refractivity contribution is -0.127. The van der Waals surface area contributed by atoms with Gasteiger partial charge in [-0.1, -0.05) is 59.6 Å². The smallest absolute Gasteiger partial charge is 0.258 e. The number of azo groups is 2. The standard InChI is InChI=1S/C44H38Cl4N8O6/c1-23(45)27-9-5-11-31(21-27)51-41(59)33-13-7-15-35(37(33)47)53-55-39(25(3)57)43(61)49-29-17-19-30(20-18-29)50-44(62)40(26(4)58)56-54-36-16-8-14-34(38(36)48)42(60)52-32-12-6-10-28(22-32)24(2)46/h5-24,39-40H,1-4H3,(H,49,61)(H,50,62)(H,51,59)(H,52,60). The van der Waals surface area contributed by atoms with E-state index < -0.39 is 47.3 Å². The molecule has 5 aromatic rings. The van der Waals surface area contributed by atoms with E-state index in [4.69, 9.17) is 46.4 Å². The second kappa shape index (κ2) is 21.5. The van der Waals surface area contributed by atoms with Crippen molar-refractivity contribution < 1.29 is 28.8 Å². The number of hydrogen-bond donors (Lipinski definition) is 4. The average Bonchev–Trinajstić information content (AvgIpc) is 3.22. The first kappa shape index (κ1) is 46.7. The summed E-state index contributed by atoms with van der Waals surface area (Å²) < 4.78 is 0. The zero-order valence-corrected chi connectivity index (χ0v) is 36.5. The largest absolute Gasteiger partial charge is 0.324 e. The predicted octanol–water partition coefficient (Wildman–Crippen LogP) is 11.5. The summed E-state index contributed by atoms with van der Waals surface area (Å²) in [5, 5.41) is 25.9. The highest BCUT2D eigenvalue weighted by atomic mass is 35.5. The van der Waals surface area contributed by atoms with Crippen LogP contribution in [0.25, 0.3) is 0 Å². The molecule has 0 radical (unpaired) electrons. The highest BCUT2D eigenvalue weighted by molar-refractivity contribution is 6.37. The molecule has 62 heavy (non-hydrogen) atoms. The van der Waals surface area contributed by atoms with Crippen LogP contribution >= 0.6 is 46.4 Å². The van der Waals surface area contributed by atoms with Gasteiger partial charge in [0.2, 0.25) is 12.1 Å². The number of carbonyl (C=O) groups is 6. The summed E-state index contributed by atoms with van der Waals surface area (Å²) in [6.07, 6.45) is 0. The van der Waals surface area contributed by atoms with E-state index >= 15 is 0 Å². The van der Waals surface area contributed by atoms with Crippen molar-refractivity contribution in [3.05, 3.63) is 141 Å². The first-order chi connectivity index (χ1) is 29.5. The van der Waals surface area contributed by atoms with Crippen LogP contribution in [0.2, 0.25) is 10.0 Å². The molecule has 318 valence electrons. The summed E-state index contributed by atoms with van der Waals surface area (Å²) in [7, 11) is 0. The van der Waals surface area contributed by atoms with Crippen molar-refractivity contribution in [1.29, 1.82) is 0 Å². The summed E-state index contributed by atoms with van der Waals surface area (Å²) in [6, 6.07) is 25.6. The van der Waals surface area contributed by atoms with E-state index in [9.17, 15) is 28.8 Å². The van der Waals surface area contributed by atoms with Gasteiger partial charge in [0, 0.05) is 22.7 Å². The summed E-state index contributed by atoms with van der Waals surface area (Å²) in [5.74, 6) is -3.94. The van der Waals surface area contributed by atoms with Gasteiger partial charge < -0.3 is 21.3 Å². The molecule has 0 heterocycles. The molecule has 4 amide bonds. The van der Waals surface area contributed by atoms with E-state index in [2.05, 4.69) is 41.7 Å². The number of ketones is 2. The number of anilines is 4. The van der Waals surface area contributed by atoms with Crippen molar-refractivity contribution >= 4 is 116 Å². The number of carbonyl (C=O) groups excluding carboxylic acids is 6. The second-order valence-electron chi connectivity index (χ2n) is 13.7. The number of alkyl halides is 2. The maximum absolute atomic E-state index is 13.2. The summed E-state index contributed by atoms with van der Waals surface area (Å²) in [6.45, 7) is 5.94. The van der Waals surface area contributed by atoms with E-state index in [0.717, 1.165) is 25.0 Å². The minimum absolute atomic E-state index is 0.0457.